The van der Waals surface area contributed by atoms with Crippen LogP contribution < -0.4 is 5.32 Å². The number of aromatic nitrogens is 2. The second-order valence-corrected chi connectivity index (χ2v) is 10.2. The van der Waals surface area contributed by atoms with Crippen molar-refractivity contribution >= 4 is 11.7 Å². The van der Waals surface area contributed by atoms with Gasteiger partial charge in [0, 0.05) is 28.9 Å². The van der Waals surface area contributed by atoms with E-state index < -0.39 is 0 Å². The number of anilines is 1. The van der Waals surface area contributed by atoms with E-state index in [4.69, 9.17) is 9.72 Å². The van der Waals surface area contributed by atoms with Gasteiger partial charge in [0.05, 0.1) is 18.0 Å². The van der Waals surface area contributed by atoms with Crippen molar-refractivity contribution in [2.75, 3.05) is 18.5 Å². The SMILES string of the molecule is CCOC(=O)CNc1cccc(-c2ccccc2-c2nc(-c3ccccc3)c(-c3ccccc3)n2CC(C)C)c1. The van der Waals surface area contributed by atoms with Gasteiger partial charge in [0.25, 0.3) is 0 Å². The highest BCUT2D eigenvalue weighted by Crippen LogP contribution is 2.40. The van der Waals surface area contributed by atoms with Crippen LogP contribution in [0, 0.1) is 5.92 Å². The van der Waals surface area contributed by atoms with E-state index in [9.17, 15) is 4.79 Å². The zero-order chi connectivity index (χ0) is 27.9. The molecule has 5 nitrogen and oxygen atoms in total. The van der Waals surface area contributed by atoms with E-state index in [2.05, 4.69) is 109 Å². The molecular formula is C35H35N3O2. The third-order valence-electron chi connectivity index (χ3n) is 6.69. The van der Waals surface area contributed by atoms with Crippen LogP contribution in [0.15, 0.2) is 109 Å². The fraction of sp³-hybridized carbons (Fsp3) is 0.200. The molecule has 5 heteroatoms. The highest BCUT2D eigenvalue weighted by atomic mass is 16.5. The monoisotopic (exact) mass is 529 g/mol. The third-order valence-corrected chi connectivity index (χ3v) is 6.69. The summed E-state index contributed by atoms with van der Waals surface area (Å²) in [5, 5.41) is 3.20. The maximum absolute atomic E-state index is 11.9. The van der Waals surface area contributed by atoms with Gasteiger partial charge in [-0.2, -0.15) is 0 Å². The molecule has 0 aliphatic carbocycles. The van der Waals surface area contributed by atoms with E-state index in [1.165, 1.54) is 0 Å². The molecule has 4 aromatic carbocycles. The molecule has 0 saturated carbocycles. The van der Waals surface area contributed by atoms with Gasteiger partial charge in [-0.05, 0) is 36.1 Å². The Bertz CT molecular complexity index is 1570. The molecule has 5 aromatic rings. The van der Waals surface area contributed by atoms with Crippen LogP contribution in [0.4, 0.5) is 5.69 Å². The highest BCUT2D eigenvalue weighted by Gasteiger charge is 2.23. The smallest absolute Gasteiger partial charge is 0.325 e. The largest absolute Gasteiger partial charge is 0.465 e. The van der Waals surface area contributed by atoms with Crippen molar-refractivity contribution in [2.24, 2.45) is 5.92 Å². The Labute approximate surface area is 236 Å². The Morgan fingerprint density at radius 3 is 2.10 bits per heavy atom. The number of esters is 1. The van der Waals surface area contributed by atoms with Gasteiger partial charge < -0.3 is 14.6 Å². The molecule has 5 rings (SSSR count). The summed E-state index contributed by atoms with van der Waals surface area (Å²) in [6.07, 6.45) is 0. The number of ether oxygens (including phenoxy) is 1. The molecule has 1 aromatic heterocycles. The number of carbonyl (C=O) groups excluding carboxylic acids is 1. The summed E-state index contributed by atoms with van der Waals surface area (Å²) < 4.78 is 7.45. The van der Waals surface area contributed by atoms with Crippen molar-refractivity contribution in [3.05, 3.63) is 109 Å². The number of nitrogens with one attached hydrogen (secondary N) is 1. The molecule has 0 aliphatic heterocycles. The van der Waals surface area contributed by atoms with Crippen molar-refractivity contribution in [1.82, 2.24) is 9.55 Å². The van der Waals surface area contributed by atoms with Crippen molar-refractivity contribution in [2.45, 2.75) is 27.3 Å². The average Bonchev–Trinajstić information content (AvgIpc) is 3.35. The first-order chi connectivity index (χ1) is 19.5. The summed E-state index contributed by atoms with van der Waals surface area (Å²) in [5.74, 6) is 1.08. The molecular weight excluding hydrogens is 494 g/mol. The molecule has 0 bridgehead atoms. The van der Waals surface area contributed by atoms with Crippen molar-refractivity contribution in [1.29, 1.82) is 0 Å². The first-order valence-electron chi connectivity index (χ1n) is 13.9. The van der Waals surface area contributed by atoms with E-state index in [1.807, 2.05) is 31.2 Å². The summed E-state index contributed by atoms with van der Waals surface area (Å²) in [4.78, 5) is 17.3. The van der Waals surface area contributed by atoms with Crippen LogP contribution in [0.3, 0.4) is 0 Å². The zero-order valence-electron chi connectivity index (χ0n) is 23.3. The average molecular weight is 530 g/mol. The van der Waals surface area contributed by atoms with Crippen LogP contribution >= 0.6 is 0 Å². The van der Waals surface area contributed by atoms with Gasteiger partial charge in [0.15, 0.2) is 0 Å². The first kappa shape index (κ1) is 26.9. The number of benzene rings is 4. The molecule has 0 unspecified atom stereocenters. The predicted octanol–water partition coefficient (Wildman–Crippen LogP) is 8.18. The summed E-state index contributed by atoms with van der Waals surface area (Å²) in [6, 6.07) is 37.5. The fourth-order valence-corrected chi connectivity index (χ4v) is 5.00. The van der Waals surface area contributed by atoms with Gasteiger partial charge in [-0.25, -0.2) is 4.98 Å². The molecule has 0 spiro atoms. The van der Waals surface area contributed by atoms with Gasteiger partial charge in [-0.1, -0.05) is 111 Å². The van der Waals surface area contributed by atoms with Gasteiger partial charge >= 0.3 is 5.97 Å². The van der Waals surface area contributed by atoms with Crippen LogP contribution in [-0.2, 0) is 16.1 Å². The minimum atomic E-state index is -0.272. The second-order valence-electron chi connectivity index (χ2n) is 10.2. The van der Waals surface area contributed by atoms with E-state index in [1.54, 1.807) is 0 Å². The molecule has 0 saturated heterocycles. The van der Waals surface area contributed by atoms with Gasteiger partial charge in [0.2, 0.25) is 0 Å². The van der Waals surface area contributed by atoms with E-state index in [0.717, 1.165) is 57.3 Å². The second kappa shape index (κ2) is 12.5. The molecule has 202 valence electrons. The molecule has 0 amide bonds. The lowest BCUT2D eigenvalue weighted by atomic mass is 9.98. The molecule has 0 atom stereocenters. The lowest BCUT2D eigenvalue weighted by molar-refractivity contribution is -0.140. The van der Waals surface area contributed by atoms with Crippen molar-refractivity contribution in [3.63, 3.8) is 0 Å². The fourth-order valence-electron chi connectivity index (χ4n) is 5.00. The van der Waals surface area contributed by atoms with Crippen LogP contribution in [0.5, 0.6) is 0 Å². The molecule has 1 N–H and O–H groups in total. The Balaban J connectivity index is 1.67. The number of carbonyl (C=O) groups is 1. The molecule has 0 fully saturated rings. The maximum Gasteiger partial charge on any atom is 0.325 e. The minimum Gasteiger partial charge on any atom is -0.465 e. The van der Waals surface area contributed by atoms with Crippen molar-refractivity contribution < 1.29 is 9.53 Å². The van der Waals surface area contributed by atoms with Gasteiger partial charge in [0.1, 0.15) is 12.4 Å². The number of nitrogens with zero attached hydrogens (tertiary/aromatic N) is 2. The van der Waals surface area contributed by atoms with Crippen LogP contribution in [0.2, 0.25) is 0 Å². The quantitative estimate of drug-likeness (QED) is 0.185. The van der Waals surface area contributed by atoms with Gasteiger partial charge in [-0.15, -0.1) is 0 Å². The molecule has 0 radical (unpaired) electrons. The standard InChI is InChI=1S/C35H35N3O2/c1-4-40-32(39)23-36-29-19-13-18-28(22-29)30-20-11-12-21-31(30)35-37-33(26-14-7-5-8-15-26)34(38(35)24-25(2)3)27-16-9-6-10-17-27/h5-22,25,36H,4,23-24H2,1-3H3. The minimum absolute atomic E-state index is 0.124. The number of hydrogen-bond acceptors (Lipinski definition) is 4. The van der Waals surface area contributed by atoms with E-state index in [0.29, 0.717) is 12.5 Å². The molecule has 0 aliphatic rings. The topological polar surface area (TPSA) is 56.1 Å². The summed E-state index contributed by atoms with van der Waals surface area (Å²) in [7, 11) is 0. The number of imidazole rings is 1. The lowest BCUT2D eigenvalue weighted by Gasteiger charge is -2.17. The summed E-state index contributed by atoms with van der Waals surface area (Å²) >= 11 is 0. The Morgan fingerprint density at radius 1 is 0.800 bits per heavy atom. The van der Waals surface area contributed by atoms with Gasteiger partial charge in [-0.3, -0.25) is 4.79 Å². The van der Waals surface area contributed by atoms with Crippen LogP contribution in [0.25, 0.3) is 45.0 Å². The van der Waals surface area contributed by atoms with Crippen LogP contribution in [0.1, 0.15) is 20.8 Å². The number of hydrogen-bond donors (Lipinski definition) is 1. The third kappa shape index (κ3) is 5.99. The number of rotatable bonds is 10. The molecule has 40 heavy (non-hydrogen) atoms. The van der Waals surface area contributed by atoms with E-state index >= 15 is 0 Å². The highest BCUT2D eigenvalue weighted by molar-refractivity contribution is 5.87. The summed E-state index contributed by atoms with van der Waals surface area (Å²) in [5.41, 5.74) is 8.38. The van der Waals surface area contributed by atoms with E-state index in [-0.39, 0.29) is 12.5 Å². The Hall–Kier alpha value is -4.64. The van der Waals surface area contributed by atoms with Crippen LogP contribution in [-0.4, -0.2) is 28.7 Å². The summed E-state index contributed by atoms with van der Waals surface area (Å²) in [6.45, 7) is 7.61. The van der Waals surface area contributed by atoms with Crippen molar-refractivity contribution in [3.8, 4) is 45.0 Å². The first-order valence-corrected chi connectivity index (χ1v) is 13.9. The normalized spacial score (nSPS) is 11.0. The Kier molecular flexibility index (Phi) is 8.41. The lowest BCUT2D eigenvalue weighted by Crippen LogP contribution is -2.16. The Morgan fingerprint density at radius 2 is 1.43 bits per heavy atom. The maximum atomic E-state index is 11.9. The predicted molar refractivity (Wildman–Crippen MR) is 164 cm³/mol. The molecule has 1 heterocycles. The zero-order valence-corrected chi connectivity index (χ0v) is 23.3.